The first-order valence-electron chi connectivity index (χ1n) is 8.66. The van der Waals surface area contributed by atoms with Crippen molar-refractivity contribution in [3.63, 3.8) is 0 Å². The molecule has 0 saturated carbocycles. The van der Waals surface area contributed by atoms with Gasteiger partial charge in [-0.25, -0.2) is 0 Å². The molecule has 2 unspecified atom stereocenters. The molecule has 2 N–H and O–H groups in total. The lowest BCUT2D eigenvalue weighted by atomic mass is 9.92. The third-order valence-corrected chi connectivity index (χ3v) is 4.19. The number of rotatable bonds is 8. The number of aliphatic hydroxyl groups is 1. The van der Waals surface area contributed by atoms with Crippen LogP contribution in [0.4, 0.5) is 0 Å². The number of carbonyl (C=O) groups is 1. The van der Waals surface area contributed by atoms with Crippen molar-refractivity contribution in [1.82, 2.24) is 10.2 Å². The third kappa shape index (κ3) is 6.33. The topological polar surface area (TPSA) is 52.6 Å². The maximum atomic E-state index is 12.3. The Morgan fingerprint density at radius 2 is 1.68 bits per heavy atom. The lowest BCUT2D eigenvalue weighted by Gasteiger charge is -2.26. The molecule has 0 heterocycles. The second-order valence-corrected chi connectivity index (χ2v) is 6.97. The first-order valence-corrected chi connectivity index (χ1v) is 8.66. The van der Waals surface area contributed by atoms with E-state index in [1.807, 2.05) is 62.5 Å². The Bertz CT molecular complexity index is 656. The van der Waals surface area contributed by atoms with Gasteiger partial charge in [0, 0.05) is 19.1 Å². The van der Waals surface area contributed by atoms with Crippen LogP contribution in [0.25, 0.3) is 0 Å². The van der Waals surface area contributed by atoms with Crippen LogP contribution in [0.3, 0.4) is 0 Å². The van der Waals surface area contributed by atoms with Gasteiger partial charge in [0.2, 0.25) is 5.91 Å². The van der Waals surface area contributed by atoms with Crippen LogP contribution < -0.4 is 5.32 Å². The third-order valence-electron chi connectivity index (χ3n) is 4.19. The molecule has 0 spiro atoms. The van der Waals surface area contributed by atoms with E-state index in [0.29, 0.717) is 0 Å². The van der Waals surface area contributed by atoms with Crippen molar-refractivity contribution in [3.8, 4) is 0 Å². The molecule has 2 aromatic rings. The van der Waals surface area contributed by atoms with Crippen molar-refractivity contribution in [2.45, 2.75) is 38.5 Å². The van der Waals surface area contributed by atoms with Gasteiger partial charge < -0.3 is 15.3 Å². The second kappa shape index (κ2) is 8.79. The van der Waals surface area contributed by atoms with Crippen LogP contribution in [0.15, 0.2) is 60.7 Å². The summed E-state index contributed by atoms with van der Waals surface area (Å²) in [6.07, 6.45) is 0.0454. The Morgan fingerprint density at radius 1 is 1.12 bits per heavy atom. The second-order valence-electron chi connectivity index (χ2n) is 6.97. The molecule has 0 aliphatic heterocycles. The first-order chi connectivity index (χ1) is 11.9. The van der Waals surface area contributed by atoms with E-state index in [-0.39, 0.29) is 18.4 Å². The molecule has 2 aromatic carbocycles. The number of hydrogen-bond acceptors (Lipinski definition) is 3. The van der Waals surface area contributed by atoms with Gasteiger partial charge >= 0.3 is 0 Å². The van der Waals surface area contributed by atoms with Gasteiger partial charge in [0.15, 0.2) is 0 Å². The van der Waals surface area contributed by atoms with E-state index >= 15 is 0 Å². The summed E-state index contributed by atoms with van der Waals surface area (Å²) in [7, 11) is 2.04. The highest BCUT2D eigenvalue weighted by Gasteiger charge is 2.27. The Hall–Kier alpha value is -2.17. The van der Waals surface area contributed by atoms with Gasteiger partial charge in [-0.3, -0.25) is 4.79 Å². The lowest BCUT2D eigenvalue weighted by molar-refractivity contribution is -0.126. The van der Waals surface area contributed by atoms with E-state index in [2.05, 4.69) is 22.3 Å². The van der Waals surface area contributed by atoms with Crippen molar-refractivity contribution < 1.29 is 9.90 Å². The van der Waals surface area contributed by atoms with E-state index in [9.17, 15) is 9.90 Å². The number of amides is 1. The fraction of sp³-hybridized carbons (Fsp3) is 0.381. The van der Waals surface area contributed by atoms with E-state index in [1.165, 1.54) is 5.56 Å². The van der Waals surface area contributed by atoms with Gasteiger partial charge in [0.25, 0.3) is 0 Å². The van der Waals surface area contributed by atoms with Crippen LogP contribution in [0.2, 0.25) is 0 Å². The highest BCUT2D eigenvalue weighted by Crippen LogP contribution is 2.23. The zero-order chi connectivity index (χ0) is 18.3. The standard InChI is InChI=1S/C21H28N2O2/c1-17(15-23(3)16-18-10-6-4-7-11-18)22-20(24)14-21(2,25)19-12-8-5-9-13-19/h4-13,17,25H,14-16H2,1-3H3,(H,22,24). The van der Waals surface area contributed by atoms with Gasteiger partial charge in [0.05, 0.1) is 12.0 Å². The minimum Gasteiger partial charge on any atom is -0.385 e. The average Bonchev–Trinajstić information content (AvgIpc) is 2.55. The molecule has 2 atom stereocenters. The van der Waals surface area contributed by atoms with E-state index in [4.69, 9.17) is 0 Å². The quantitative estimate of drug-likeness (QED) is 0.777. The van der Waals surface area contributed by atoms with Crippen LogP contribution >= 0.6 is 0 Å². The summed E-state index contributed by atoms with van der Waals surface area (Å²) >= 11 is 0. The molecule has 134 valence electrons. The smallest absolute Gasteiger partial charge is 0.223 e. The highest BCUT2D eigenvalue weighted by molar-refractivity contribution is 5.77. The molecule has 25 heavy (non-hydrogen) atoms. The summed E-state index contributed by atoms with van der Waals surface area (Å²) in [5.41, 5.74) is 0.829. The Balaban J connectivity index is 1.81. The minimum absolute atomic E-state index is 0.00721. The van der Waals surface area contributed by atoms with Crippen molar-refractivity contribution in [3.05, 3.63) is 71.8 Å². The molecular weight excluding hydrogens is 312 g/mol. The fourth-order valence-electron chi connectivity index (χ4n) is 3.01. The molecule has 4 heteroatoms. The summed E-state index contributed by atoms with van der Waals surface area (Å²) in [5.74, 6) is -0.144. The first kappa shape index (κ1) is 19.2. The van der Waals surface area contributed by atoms with Crippen molar-refractivity contribution in [1.29, 1.82) is 0 Å². The van der Waals surface area contributed by atoms with Gasteiger partial charge in [-0.1, -0.05) is 60.7 Å². The molecule has 0 aliphatic rings. The Kier molecular flexibility index (Phi) is 6.73. The van der Waals surface area contributed by atoms with Crippen molar-refractivity contribution in [2.75, 3.05) is 13.6 Å². The predicted octanol–water partition coefficient (Wildman–Crippen LogP) is 2.92. The van der Waals surface area contributed by atoms with Crippen LogP contribution in [0.1, 0.15) is 31.4 Å². The van der Waals surface area contributed by atoms with E-state index in [0.717, 1.165) is 18.7 Å². The van der Waals surface area contributed by atoms with Crippen molar-refractivity contribution >= 4 is 5.91 Å². The number of nitrogens with one attached hydrogen (secondary N) is 1. The molecule has 0 saturated heterocycles. The van der Waals surface area contributed by atoms with Crippen LogP contribution in [0, 0.1) is 0 Å². The average molecular weight is 340 g/mol. The summed E-state index contributed by atoms with van der Waals surface area (Å²) in [6.45, 7) is 5.24. The van der Waals surface area contributed by atoms with Gasteiger partial charge in [-0.15, -0.1) is 0 Å². The molecule has 0 bridgehead atoms. The zero-order valence-corrected chi connectivity index (χ0v) is 15.3. The maximum absolute atomic E-state index is 12.3. The molecule has 4 nitrogen and oxygen atoms in total. The Labute approximate surface area is 150 Å². The lowest BCUT2D eigenvalue weighted by Crippen LogP contribution is -2.42. The fourth-order valence-corrected chi connectivity index (χ4v) is 3.01. The van der Waals surface area contributed by atoms with Crippen LogP contribution in [0.5, 0.6) is 0 Å². The number of likely N-dealkylation sites (N-methyl/N-ethyl adjacent to an activating group) is 1. The molecule has 2 rings (SSSR count). The number of benzene rings is 2. The van der Waals surface area contributed by atoms with Crippen molar-refractivity contribution in [2.24, 2.45) is 0 Å². The van der Waals surface area contributed by atoms with Gasteiger partial charge in [-0.05, 0) is 32.0 Å². The van der Waals surface area contributed by atoms with E-state index in [1.54, 1.807) is 6.92 Å². The monoisotopic (exact) mass is 340 g/mol. The summed E-state index contributed by atoms with van der Waals surface area (Å²) in [4.78, 5) is 14.5. The largest absolute Gasteiger partial charge is 0.385 e. The minimum atomic E-state index is -1.17. The van der Waals surface area contributed by atoms with Crippen LogP contribution in [-0.2, 0) is 16.9 Å². The maximum Gasteiger partial charge on any atom is 0.223 e. The summed E-state index contributed by atoms with van der Waals surface area (Å²) in [5, 5.41) is 13.6. The molecule has 0 aromatic heterocycles. The molecule has 1 amide bonds. The van der Waals surface area contributed by atoms with Crippen LogP contribution in [-0.4, -0.2) is 35.5 Å². The summed E-state index contributed by atoms with van der Waals surface area (Å²) < 4.78 is 0. The zero-order valence-electron chi connectivity index (χ0n) is 15.3. The van der Waals surface area contributed by atoms with E-state index < -0.39 is 5.60 Å². The Morgan fingerprint density at radius 3 is 2.28 bits per heavy atom. The van der Waals surface area contributed by atoms with Gasteiger partial charge in [-0.2, -0.15) is 0 Å². The summed E-state index contributed by atoms with van der Waals surface area (Å²) in [6, 6.07) is 19.6. The SMILES string of the molecule is CC(CN(C)Cc1ccccc1)NC(=O)CC(C)(O)c1ccccc1. The normalized spacial score (nSPS) is 14.8. The molecule has 0 aliphatic carbocycles. The molecular formula is C21H28N2O2. The van der Waals surface area contributed by atoms with Gasteiger partial charge in [0.1, 0.15) is 0 Å². The predicted molar refractivity (Wildman–Crippen MR) is 101 cm³/mol. The number of carbonyl (C=O) groups excluding carboxylic acids is 1. The number of hydrogen-bond donors (Lipinski definition) is 2. The molecule has 0 radical (unpaired) electrons. The highest BCUT2D eigenvalue weighted by atomic mass is 16.3. The molecule has 0 fully saturated rings. The number of nitrogens with zero attached hydrogens (tertiary/aromatic N) is 1.